The van der Waals surface area contributed by atoms with E-state index in [1.807, 2.05) is 41.2 Å². The van der Waals surface area contributed by atoms with Crippen molar-refractivity contribution < 1.29 is 14.6 Å². The molecule has 0 aliphatic rings. The molecule has 1 N–H and O–H groups in total. The minimum Gasteiger partial charge on any atom is -0.478 e. The maximum absolute atomic E-state index is 11.5. The molecular formula is C18H14ClNO3. The summed E-state index contributed by atoms with van der Waals surface area (Å²) in [6.45, 7) is 0. The monoisotopic (exact) mass is 327 g/mol. The Kier molecular flexibility index (Phi) is 4.35. The Bertz CT molecular complexity index is 797. The summed E-state index contributed by atoms with van der Waals surface area (Å²) in [5.41, 5.74) is 1.39. The van der Waals surface area contributed by atoms with Gasteiger partial charge in [0.15, 0.2) is 0 Å². The number of aromatic nitrogens is 1. The molecule has 1 atom stereocenters. The number of carboxylic acids is 1. The number of hydrogen-bond donors (Lipinski definition) is 1. The fourth-order valence-electron chi connectivity index (χ4n) is 2.27. The van der Waals surface area contributed by atoms with Crippen molar-refractivity contribution in [2.75, 3.05) is 0 Å². The molecule has 0 radical (unpaired) electrons. The highest BCUT2D eigenvalue weighted by atomic mass is 35.5. The first-order valence-corrected chi connectivity index (χ1v) is 7.40. The summed E-state index contributed by atoms with van der Waals surface area (Å²) in [4.78, 5) is 11.5. The highest BCUT2D eigenvalue weighted by Crippen LogP contribution is 2.28. The van der Waals surface area contributed by atoms with Gasteiger partial charge in [0.1, 0.15) is 5.75 Å². The molecule has 0 aliphatic heterocycles. The molecule has 0 bridgehead atoms. The van der Waals surface area contributed by atoms with Gasteiger partial charge >= 0.3 is 5.97 Å². The Balaban J connectivity index is 1.84. The fraction of sp³-hybridized carbons (Fsp3) is 0.0556. The zero-order chi connectivity index (χ0) is 16.2. The molecular weight excluding hydrogens is 314 g/mol. The highest BCUT2D eigenvalue weighted by Gasteiger charge is 2.24. The van der Waals surface area contributed by atoms with Crippen LogP contribution >= 0.6 is 11.6 Å². The van der Waals surface area contributed by atoms with Crippen LogP contribution in [0.15, 0.2) is 73.1 Å². The van der Waals surface area contributed by atoms with Crippen LogP contribution in [-0.4, -0.2) is 15.6 Å². The average molecular weight is 328 g/mol. The lowest BCUT2D eigenvalue weighted by atomic mass is 10.1. The Hall–Kier alpha value is -2.72. The predicted octanol–water partition coefficient (Wildman–Crippen LogP) is 4.34. The van der Waals surface area contributed by atoms with Crippen LogP contribution in [0.4, 0.5) is 0 Å². The first-order chi connectivity index (χ1) is 11.1. The van der Waals surface area contributed by atoms with Crippen molar-refractivity contribution in [3.63, 3.8) is 0 Å². The smallest absolute Gasteiger partial charge is 0.349 e. The van der Waals surface area contributed by atoms with Gasteiger partial charge in [0.05, 0.1) is 0 Å². The Morgan fingerprint density at radius 3 is 2.26 bits per heavy atom. The van der Waals surface area contributed by atoms with Gasteiger partial charge < -0.3 is 14.4 Å². The van der Waals surface area contributed by atoms with Gasteiger partial charge in [-0.25, -0.2) is 4.79 Å². The quantitative estimate of drug-likeness (QED) is 0.758. The van der Waals surface area contributed by atoms with Crippen LogP contribution in [0.25, 0.3) is 5.69 Å². The largest absolute Gasteiger partial charge is 0.478 e. The highest BCUT2D eigenvalue weighted by molar-refractivity contribution is 6.31. The molecule has 0 saturated carbocycles. The minimum atomic E-state index is -1.15. The molecule has 3 rings (SSSR count). The van der Waals surface area contributed by atoms with E-state index in [1.54, 1.807) is 36.4 Å². The lowest BCUT2D eigenvalue weighted by molar-refractivity contribution is -0.145. The molecule has 1 aromatic heterocycles. The van der Waals surface area contributed by atoms with Crippen LogP contribution in [0, 0.1) is 0 Å². The van der Waals surface area contributed by atoms with Crippen molar-refractivity contribution in [2.24, 2.45) is 0 Å². The maximum atomic E-state index is 11.5. The molecule has 0 spiro atoms. The Labute approximate surface area is 138 Å². The number of aliphatic carboxylic acids is 1. The first kappa shape index (κ1) is 15.2. The summed E-state index contributed by atoms with van der Waals surface area (Å²) in [5, 5.41) is 9.79. The van der Waals surface area contributed by atoms with E-state index in [-0.39, 0.29) is 0 Å². The van der Waals surface area contributed by atoms with Crippen LogP contribution in [-0.2, 0) is 4.79 Å². The second-order valence-electron chi connectivity index (χ2n) is 4.94. The molecule has 116 valence electrons. The molecule has 0 amide bonds. The molecule has 0 fully saturated rings. The van der Waals surface area contributed by atoms with Gasteiger partial charge in [-0.1, -0.05) is 29.8 Å². The maximum Gasteiger partial charge on any atom is 0.349 e. The number of ether oxygens (including phenoxy) is 1. The van der Waals surface area contributed by atoms with Gasteiger partial charge in [0.2, 0.25) is 6.10 Å². The van der Waals surface area contributed by atoms with Gasteiger partial charge in [-0.3, -0.25) is 0 Å². The third-order valence-corrected chi connectivity index (χ3v) is 3.75. The van der Waals surface area contributed by atoms with Crippen LogP contribution in [0.2, 0.25) is 5.02 Å². The second-order valence-corrected chi connectivity index (χ2v) is 5.35. The van der Waals surface area contributed by atoms with Crippen molar-refractivity contribution >= 4 is 17.6 Å². The van der Waals surface area contributed by atoms with E-state index < -0.39 is 12.1 Å². The zero-order valence-electron chi connectivity index (χ0n) is 12.1. The fourth-order valence-corrected chi connectivity index (χ4v) is 2.51. The summed E-state index contributed by atoms with van der Waals surface area (Å²) in [6, 6.07) is 17.8. The Morgan fingerprint density at radius 2 is 1.65 bits per heavy atom. The lowest BCUT2D eigenvalue weighted by Gasteiger charge is -2.17. The van der Waals surface area contributed by atoms with Gasteiger partial charge in [-0.05, 0) is 42.5 Å². The van der Waals surface area contributed by atoms with E-state index in [2.05, 4.69) is 0 Å². The summed E-state index contributed by atoms with van der Waals surface area (Å²) < 4.78 is 7.57. The molecule has 3 aromatic rings. The third-order valence-electron chi connectivity index (χ3n) is 3.41. The molecule has 5 heteroatoms. The zero-order valence-corrected chi connectivity index (χ0v) is 12.9. The lowest BCUT2D eigenvalue weighted by Crippen LogP contribution is -2.18. The van der Waals surface area contributed by atoms with Crippen LogP contribution in [0.5, 0.6) is 5.75 Å². The molecule has 0 saturated heterocycles. The van der Waals surface area contributed by atoms with E-state index in [0.29, 0.717) is 16.3 Å². The van der Waals surface area contributed by atoms with Crippen molar-refractivity contribution in [3.8, 4) is 11.4 Å². The van der Waals surface area contributed by atoms with Gasteiger partial charge in [0.25, 0.3) is 0 Å². The van der Waals surface area contributed by atoms with E-state index >= 15 is 0 Å². The van der Waals surface area contributed by atoms with Crippen molar-refractivity contribution in [2.45, 2.75) is 6.10 Å². The molecule has 23 heavy (non-hydrogen) atoms. The summed E-state index contributed by atoms with van der Waals surface area (Å²) >= 11 is 6.08. The number of halogens is 1. The molecule has 0 aliphatic carbocycles. The summed E-state index contributed by atoms with van der Waals surface area (Å²) in [7, 11) is 0. The second kappa shape index (κ2) is 6.58. The molecule has 1 unspecified atom stereocenters. The van der Waals surface area contributed by atoms with E-state index in [4.69, 9.17) is 16.3 Å². The summed E-state index contributed by atoms with van der Waals surface area (Å²) in [5.74, 6) is -0.624. The van der Waals surface area contributed by atoms with Crippen molar-refractivity contribution in [3.05, 3.63) is 83.6 Å². The SMILES string of the molecule is O=C(O)C(Oc1ccc(-n2cccc2)cc1)c1ccccc1Cl. The number of rotatable bonds is 5. The predicted molar refractivity (Wildman–Crippen MR) is 88.2 cm³/mol. The van der Waals surface area contributed by atoms with Crippen molar-refractivity contribution in [1.82, 2.24) is 4.57 Å². The first-order valence-electron chi connectivity index (χ1n) is 7.02. The van der Waals surface area contributed by atoms with E-state index in [1.165, 1.54) is 0 Å². The number of hydrogen-bond acceptors (Lipinski definition) is 2. The van der Waals surface area contributed by atoms with Gasteiger partial charge in [-0.2, -0.15) is 0 Å². The molecule has 1 heterocycles. The third kappa shape index (κ3) is 3.38. The molecule has 4 nitrogen and oxygen atoms in total. The number of nitrogens with zero attached hydrogens (tertiary/aromatic N) is 1. The standard InChI is InChI=1S/C18H14ClNO3/c19-16-6-2-1-5-15(16)17(18(21)22)23-14-9-7-13(8-10-14)20-11-3-4-12-20/h1-12,17H,(H,21,22). The van der Waals surface area contributed by atoms with Crippen LogP contribution < -0.4 is 4.74 Å². The van der Waals surface area contributed by atoms with Gasteiger partial charge in [0, 0.05) is 28.7 Å². The normalized spacial score (nSPS) is 11.9. The number of benzene rings is 2. The van der Waals surface area contributed by atoms with Crippen LogP contribution in [0.1, 0.15) is 11.7 Å². The number of carbonyl (C=O) groups is 1. The van der Waals surface area contributed by atoms with Crippen LogP contribution in [0.3, 0.4) is 0 Å². The summed E-state index contributed by atoms with van der Waals surface area (Å²) in [6.07, 6.45) is 2.71. The minimum absolute atomic E-state index is 0.365. The van der Waals surface area contributed by atoms with E-state index in [9.17, 15) is 9.90 Å². The van der Waals surface area contributed by atoms with Gasteiger partial charge in [-0.15, -0.1) is 0 Å². The Morgan fingerprint density at radius 1 is 1.00 bits per heavy atom. The molecule has 2 aromatic carbocycles. The van der Waals surface area contributed by atoms with E-state index in [0.717, 1.165) is 5.69 Å². The number of carboxylic acid groups (broad SMARTS) is 1. The average Bonchev–Trinajstić information content (AvgIpc) is 3.08. The topological polar surface area (TPSA) is 51.5 Å². The van der Waals surface area contributed by atoms with Crippen molar-refractivity contribution in [1.29, 1.82) is 0 Å².